The van der Waals surface area contributed by atoms with E-state index in [1.807, 2.05) is 13.8 Å². The lowest BCUT2D eigenvalue weighted by atomic mass is 10.4. The zero-order valence-corrected chi connectivity index (χ0v) is 10.8. The molecule has 7 nitrogen and oxygen atoms in total. The first-order valence-corrected chi connectivity index (χ1v) is 5.79. The number of nitrogen functional groups attached to an aromatic ring is 1. The van der Waals surface area contributed by atoms with E-state index in [0.29, 0.717) is 36.1 Å². The molecular formula is C11H17N5O2. The molecule has 1 unspecified atom stereocenters. The molecule has 0 aromatic carbocycles. The number of methoxy groups -OCH3 is 1. The second-order valence-corrected chi connectivity index (χ2v) is 3.90. The van der Waals surface area contributed by atoms with Crippen molar-refractivity contribution < 1.29 is 9.47 Å². The van der Waals surface area contributed by atoms with Gasteiger partial charge in [0.15, 0.2) is 11.2 Å². The van der Waals surface area contributed by atoms with Crippen LogP contribution in [-0.2, 0) is 11.3 Å². The number of imidazole rings is 1. The molecule has 2 aromatic rings. The van der Waals surface area contributed by atoms with Crippen molar-refractivity contribution in [1.29, 1.82) is 0 Å². The lowest BCUT2D eigenvalue weighted by Gasteiger charge is -2.13. The number of fused-ring (bicyclic) bond motifs is 1. The van der Waals surface area contributed by atoms with Crippen LogP contribution in [0.4, 0.5) is 5.95 Å². The van der Waals surface area contributed by atoms with Gasteiger partial charge in [0.25, 0.3) is 0 Å². The fraction of sp³-hybridized carbons (Fsp3) is 0.545. The minimum Gasteiger partial charge on any atom is -0.479 e. The molecule has 2 rings (SSSR count). The number of nitrogens with zero attached hydrogens (tertiary/aromatic N) is 4. The van der Waals surface area contributed by atoms with Crippen molar-refractivity contribution in [2.24, 2.45) is 0 Å². The molecule has 7 heteroatoms. The zero-order valence-electron chi connectivity index (χ0n) is 10.8. The van der Waals surface area contributed by atoms with Crippen LogP contribution in [0.25, 0.3) is 11.2 Å². The molecule has 98 valence electrons. The van der Waals surface area contributed by atoms with Crippen molar-refractivity contribution in [3.8, 4) is 5.88 Å². The first-order chi connectivity index (χ1) is 8.67. The van der Waals surface area contributed by atoms with Gasteiger partial charge < -0.3 is 15.2 Å². The van der Waals surface area contributed by atoms with Gasteiger partial charge in [-0.05, 0) is 13.8 Å². The van der Waals surface area contributed by atoms with Crippen LogP contribution >= 0.6 is 0 Å². The van der Waals surface area contributed by atoms with E-state index in [2.05, 4.69) is 15.0 Å². The zero-order chi connectivity index (χ0) is 13.1. The van der Waals surface area contributed by atoms with Gasteiger partial charge in [-0.1, -0.05) is 0 Å². The molecule has 0 radical (unpaired) electrons. The fourth-order valence-electron chi connectivity index (χ4n) is 1.86. The van der Waals surface area contributed by atoms with E-state index < -0.39 is 0 Å². The van der Waals surface area contributed by atoms with Crippen LogP contribution in [0.2, 0.25) is 0 Å². The Labute approximate surface area is 105 Å². The quantitative estimate of drug-likeness (QED) is 0.847. The minimum absolute atomic E-state index is 0.0376. The van der Waals surface area contributed by atoms with Gasteiger partial charge in [-0.2, -0.15) is 4.98 Å². The standard InChI is InChI=1S/C11H17N5O2/c1-4-18-7(2)5-16-9-8(15-11(16)12)10(17-3)14-6-13-9/h6-7H,4-5H2,1-3H3,(H2,12,15). The van der Waals surface area contributed by atoms with Crippen molar-refractivity contribution in [2.45, 2.75) is 26.5 Å². The largest absolute Gasteiger partial charge is 0.479 e. The van der Waals surface area contributed by atoms with Crippen LogP contribution in [0.1, 0.15) is 13.8 Å². The topological polar surface area (TPSA) is 88.1 Å². The number of nitrogens with two attached hydrogens (primary N) is 1. The number of rotatable bonds is 5. The molecule has 0 saturated heterocycles. The molecule has 2 N–H and O–H groups in total. The Balaban J connectivity index is 2.41. The molecule has 0 spiro atoms. The summed E-state index contributed by atoms with van der Waals surface area (Å²) in [6.45, 7) is 5.19. The van der Waals surface area contributed by atoms with Crippen LogP contribution in [-0.4, -0.2) is 39.3 Å². The predicted octanol–water partition coefficient (Wildman–Crippen LogP) is 0.842. The molecule has 2 heterocycles. The van der Waals surface area contributed by atoms with Crippen molar-refractivity contribution >= 4 is 17.1 Å². The van der Waals surface area contributed by atoms with Gasteiger partial charge in [0.1, 0.15) is 6.33 Å². The summed E-state index contributed by atoms with van der Waals surface area (Å²) in [7, 11) is 1.54. The second-order valence-electron chi connectivity index (χ2n) is 3.90. The Morgan fingerprint density at radius 2 is 2.22 bits per heavy atom. The molecule has 0 amide bonds. The third-order valence-corrected chi connectivity index (χ3v) is 2.61. The molecule has 1 atom stereocenters. The third kappa shape index (κ3) is 2.21. The normalized spacial score (nSPS) is 12.8. The second kappa shape index (κ2) is 5.18. The first-order valence-electron chi connectivity index (χ1n) is 5.79. The lowest BCUT2D eigenvalue weighted by molar-refractivity contribution is 0.0651. The van der Waals surface area contributed by atoms with Crippen molar-refractivity contribution in [3.63, 3.8) is 0 Å². The van der Waals surface area contributed by atoms with Gasteiger partial charge in [0.2, 0.25) is 11.8 Å². The lowest BCUT2D eigenvalue weighted by Crippen LogP contribution is -2.18. The maximum Gasteiger partial charge on any atom is 0.245 e. The summed E-state index contributed by atoms with van der Waals surface area (Å²) in [4.78, 5) is 12.4. The van der Waals surface area contributed by atoms with Crippen LogP contribution < -0.4 is 10.5 Å². The Morgan fingerprint density at radius 3 is 2.89 bits per heavy atom. The molecule has 0 aliphatic carbocycles. The molecule has 18 heavy (non-hydrogen) atoms. The van der Waals surface area contributed by atoms with E-state index >= 15 is 0 Å². The Hall–Kier alpha value is -1.89. The van der Waals surface area contributed by atoms with Gasteiger partial charge in [-0.15, -0.1) is 0 Å². The average Bonchev–Trinajstić information content (AvgIpc) is 2.66. The van der Waals surface area contributed by atoms with Crippen LogP contribution in [0.3, 0.4) is 0 Å². The Kier molecular flexibility index (Phi) is 3.61. The maximum absolute atomic E-state index is 5.89. The molecule has 0 aliphatic heterocycles. The summed E-state index contributed by atoms with van der Waals surface area (Å²) >= 11 is 0. The molecule has 0 aliphatic rings. The third-order valence-electron chi connectivity index (χ3n) is 2.61. The summed E-state index contributed by atoms with van der Waals surface area (Å²) in [6.07, 6.45) is 1.47. The van der Waals surface area contributed by atoms with E-state index in [1.165, 1.54) is 6.33 Å². The van der Waals surface area contributed by atoms with E-state index in [4.69, 9.17) is 15.2 Å². The highest BCUT2D eigenvalue weighted by Crippen LogP contribution is 2.23. The van der Waals surface area contributed by atoms with Gasteiger partial charge in [0, 0.05) is 6.61 Å². The number of anilines is 1. The summed E-state index contributed by atoms with van der Waals surface area (Å²) in [6, 6.07) is 0. The first kappa shape index (κ1) is 12.6. The number of ether oxygens (including phenoxy) is 2. The monoisotopic (exact) mass is 251 g/mol. The van der Waals surface area contributed by atoms with Crippen molar-refractivity contribution in [1.82, 2.24) is 19.5 Å². The van der Waals surface area contributed by atoms with Crippen LogP contribution in [0.15, 0.2) is 6.33 Å². The number of hydrogen-bond acceptors (Lipinski definition) is 6. The van der Waals surface area contributed by atoms with Crippen LogP contribution in [0, 0.1) is 0 Å². The molecular weight excluding hydrogens is 234 g/mol. The fourth-order valence-corrected chi connectivity index (χ4v) is 1.86. The highest BCUT2D eigenvalue weighted by Gasteiger charge is 2.16. The van der Waals surface area contributed by atoms with Gasteiger partial charge in [0.05, 0.1) is 19.8 Å². The summed E-state index contributed by atoms with van der Waals surface area (Å²) < 4.78 is 12.4. The van der Waals surface area contributed by atoms with Gasteiger partial charge in [-0.3, -0.25) is 4.57 Å². The highest BCUT2D eigenvalue weighted by atomic mass is 16.5. The van der Waals surface area contributed by atoms with Crippen molar-refractivity contribution in [2.75, 3.05) is 19.5 Å². The van der Waals surface area contributed by atoms with Gasteiger partial charge in [-0.25, -0.2) is 9.97 Å². The van der Waals surface area contributed by atoms with E-state index in [1.54, 1.807) is 11.7 Å². The number of hydrogen-bond donors (Lipinski definition) is 1. The van der Waals surface area contributed by atoms with E-state index in [0.717, 1.165) is 0 Å². The van der Waals surface area contributed by atoms with E-state index in [-0.39, 0.29) is 6.10 Å². The molecule has 0 fully saturated rings. The number of aromatic nitrogens is 4. The highest BCUT2D eigenvalue weighted by molar-refractivity contribution is 5.78. The summed E-state index contributed by atoms with van der Waals surface area (Å²) in [5.41, 5.74) is 7.12. The Bertz CT molecular complexity index is 539. The average molecular weight is 251 g/mol. The molecule has 0 bridgehead atoms. The molecule has 2 aromatic heterocycles. The smallest absolute Gasteiger partial charge is 0.245 e. The van der Waals surface area contributed by atoms with E-state index in [9.17, 15) is 0 Å². The predicted molar refractivity (Wildman–Crippen MR) is 67.4 cm³/mol. The minimum atomic E-state index is 0.0376. The Morgan fingerprint density at radius 1 is 1.44 bits per heavy atom. The SMILES string of the molecule is CCOC(C)Cn1c(N)nc2c(OC)ncnc21. The van der Waals surface area contributed by atoms with Crippen LogP contribution in [0.5, 0.6) is 5.88 Å². The molecule has 0 saturated carbocycles. The van der Waals surface area contributed by atoms with Crippen molar-refractivity contribution in [3.05, 3.63) is 6.33 Å². The maximum atomic E-state index is 5.89. The van der Waals surface area contributed by atoms with Gasteiger partial charge >= 0.3 is 0 Å². The summed E-state index contributed by atoms with van der Waals surface area (Å²) in [5.74, 6) is 0.810. The summed E-state index contributed by atoms with van der Waals surface area (Å²) in [5, 5.41) is 0.